The van der Waals surface area contributed by atoms with Crippen LogP contribution < -0.4 is 28.4 Å². The molecule has 0 unspecified atom stereocenters. The highest BCUT2D eigenvalue weighted by atomic mass is 16.5. The standard InChI is InChI=1S/C32H34O6/c1-11-19-21-13-17(3)27(31(37-9)23(21)15-25(33-5)29(19)35-7)28-18(4)14-22-20(12-2)30(36-8)26(34-6)16-24(22)32(28)38-10/h11-16H,1-2H2,3-10H3. The van der Waals surface area contributed by atoms with Gasteiger partial charge in [-0.3, -0.25) is 0 Å². The minimum atomic E-state index is 0.595. The molecule has 4 aromatic rings. The second kappa shape index (κ2) is 10.6. The van der Waals surface area contributed by atoms with E-state index in [9.17, 15) is 0 Å². The van der Waals surface area contributed by atoms with Gasteiger partial charge in [-0.05, 0) is 60.0 Å². The summed E-state index contributed by atoms with van der Waals surface area (Å²) >= 11 is 0. The third-order valence-electron chi connectivity index (χ3n) is 7.02. The largest absolute Gasteiger partial charge is 0.495 e. The summed E-state index contributed by atoms with van der Waals surface area (Å²) < 4.78 is 34.9. The summed E-state index contributed by atoms with van der Waals surface area (Å²) in [4.78, 5) is 0. The molecule has 0 saturated heterocycles. The van der Waals surface area contributed by atoms with Crippen LogP contribution in [0.4, 0.5) is 0 Å². The Labute approximate surface area is 224 Å². The number of hydrogen-bond donors (Lipinski definition) is 0. The molecule has 6 heteroatoms. The first kappa shape index (κ1) is 26.7. The van der Waals surface area contributed by atoms with Gasteiger partial charge in [-0.1, -0.05) is 25.3 Å². The lowest BCUT2D eigenvalue weighted by atomic mass is 9.87. The van der Waals surface area contributed by atoms with Gasteiger partial charge < -0.3 is 28.4 Å². The molecule has 0 bridgehead atoms. The number of fused-ring (bicyclic) bond motifs is 2. The Morgan fingerprint density at radius 1 is 0.474 bits per heavy atom. The molecule has 6 nitrogen and oxygen atoms in total. The zero-order valence-electron chi connectivity index (χ0n) is 23.3. The van der Waals surface area contributed by atoms with Crippen molar-refractivity contribution in [3.8, 4) is 45.6 Å². The van der Waals surface area contributed by atoms with Crippen LogP contribution in [-0.2, 0) is 0 Å². The average molecular weight is 515 g/mol. The summed E-state index contributed by atoms with van der Waals surface area (Å²) in [5, 5.41) is 3.66. The van der Waals surface area contributed by atoms with Crippen molar-refractivity contribution in [2.45, 2.75) is 13.8 Å². The van der Waals surface area contributed by atoms with E-state index in [1.807, 2.05) is 12.1 Å². The molecule has 0 saturated carbocycles. The van der Waals surface area contributed by atoms with Crippen LogP contribution in [0.5, 0.6) is 34.5 Å². The van der Waals surface area contributed by atoms with Crippen LogP contribution in [0.25, 0.3) is 44.8 Å². The number of methoxy groups -OCH3 is 6. The van der Waals surface area contributed by atoms with Crippen molar-refractivity contribution in [2.24, 2.45) is 0 Å². The summed E-state index contributed by atoms with van der Waals surface area (Å²) in [6, 6.07) is 8.13. The van der Waals surface area contributed by atoms with Crippen molar-refractivity contribution in [1.82, 2.24) is 0 Å². The average Bonchev–Trinajstić information content (AvgIpc) is 2.93. The van der Waals surface area contributed by atoms with E-state index in [1.165, 1.54) is 0 Å². The van der Waals surface area contributed by atoms with Crippen LogP contribution in [0.15, 0.2) is 37.4 Å². The Kier molecular flexibility index (Phi) is 7.44. The van der Waals surface area contributed by atoms with Gasteiger partial charge in [0.1, 0.15) is 11.5 Å². The lowest BCUT2D eigenvalue weighted by Crippen LogP contribution is -2.02. The second-order valence-electron chi connectivity index (χ2n) is 8.85. The molecule has 0 aliphatic heterocycles. The molecule has 198 valence electrons. The SMILES string of the molecule is C=Cc1c(OC)c(OC)cc2c(OC)c(-c3c(C)cc4c(C=C)c(OC)c(OC)cc4c3OC)c(C)cc12. The van der Waals surface area contributed by atoms with Gasteiger partial charge in [-0.15, -0.1) is 0 Å². The van der Waals surface area contributed by atoms with Gasteiger partial charge in [0.15, 0.2) is 23.0 Å². The zero-order valence-corrected chi connectivity index (χ0v) is 23.3. The summed E-state index contributed by atoms with van der Waals surface area (Å²) in [6.45, 7) is 12.2. The summed E-state index contributed by atoms with van der Waals surface area (Å²) in [7, 11) is 9.84. The quantitative estimate of drug-likeness (QED) is 0.229. The first-order valence-electron chi connectivity index (χ1n) is 12.1. The van der Waals surface area contributed by atoms with Gasteiger partial charge in [0.05, 0.1) is 42.7 Å². The van der Waals surface area contributed by atoms with Crippen LogP contribution in [0.2, 0.25) is 0 Å². The van der Waals surface area contributed by atoms with Crippen LogP contribution in [0.1, 0.15) is 22.3 Å². The minimum Gasteiger partial charge on any atom is -0.495 e. The lowest BCUT2D eigenvalue weighted by molar-refractivity contribution is 0.355. The highest BCUT2D eigenvalue weighted by molar-refractivity contribution is 6.08. The summed E-state index contributed by atoms with van der Waals surface area (Å²) in [6.07, 6.45) is 3.56. The molecule has 0 atom stereocenters. The number of rotatable bonds is 9. The Balaban J connectivity index is 2.22. The third-order valence-corrected chi connectivity index (χ3v) is 7.02. The van der Waals surface area contributed by atoms with E-state index in [4.69, 9.17) is 28.4 Å². The fraction of sp³-hybridized carbons (Fsp3) is 0.250. The number of benzene rings is 4. The van der Waals surface area contributed by atoms with Gasteiger partial charge >= 0.3 is 0 Å². The van der Waals surface area contributed by atoms with Crippen molar-refractivity contribution in [3.63, 3.8) is 0 Å². The molecule has 0 heterocycles. The highest BCUT2D eigenvalue weighted by Gasteiger charge is 2.26. The fourth-order valence-corrected chi connectivity index (χ4v) is 5.42. The maximum atomic E-state index is 6.11. The van der Waals surface area contributed by atoms with Crippen molar-refractivity contribution < 1.29 is 28.4 Å². The van der Waals surface area contributed by atoms with Crippen molar-refractivity contribution >= 4 is 33.7 Å². The molecule has 0 fully saturated rings. The Hall–Kier alpha value is -4.32. The Bertz CT molecular complexity index is 1460. The predicted molar refractivity (Wildman–Crippen MR) is 156 cm³/mol. The van der Waals surface area contributed by atoms with E-state index >= 15 is 0 Å². The van der Waals surface area contributed by atoms with E-state index < -0.39 is 0 Å². The Morgan fingerprint density at radius 3 is 1.08 bits per heavy atom. The molecular formula is C32H34O6. The first-order chi connectivity index (χ1) is 18.3. The fourth-order valence-electron chi connectivity index (χ4n) is 5.42. The number of aryl methyl sites for hydroxylation is 2. The van der Waals surface area contributed by atoms with Crippen molar-refractivity contribution in [3.05, 3.63) is 59.7 Å². The molecule has 38 heavy (non-hydrogen) atoms. The lowest BCUT2D eigenvalue weighted by Gasteiger charge is -2.23. The molecular weight excluding hydrogens is 480 g/mol. The summed E-state index contributed by atoms with van der Waals surface area (Å²) in [5.41, 5.74) is 5.54. The maximum absolute atomic E-state index is 6.11. The minimum absolute atomic E-state index is 0.595. The van der Waals surface area contributed by atoms with E-state index in [0.29, 0.717) is 34.5 Å². The number of hydrogen-bond acceptors (Lipinski definition) is 6. The normalized spacial score (nSPS) is 10.8. The topological polar surface area (TPSA) is 55.4 Å². The van der Waals surface area contributed by atoms with Gasteiger partial charge in [0.25, 0.3) is 0 Å². The summed E-state index contributed by atoms with van der Waals surface area (Å²) in [5.74, 6) is 3.85. The van der Waals surface area contributed by atoms with Gasteiger partial charge in [0, 0.05) is 33.0 Å². The third kappa shape index (κ3) is 3.88. The molecule has 0 aromatic heterocycles. The molecule has 4 rings (SSSR count). The van der Waals surface area contributed by atoms with Gasteiger partial charge in [-0.25, -0.2) is 0 Å². The monoisotopic (exact) mass is 514 g/mol. The molecule has 0 amide bonds. The number of ether oxygens (including phenoxy) is 6. The first-order valence-corrected chi connectivity index (χ1v) is 12.1. The van der Waals surface area contributed by atoms with Gasteiger partial charge in [0.2, 0.25) is 0 Å². The van der Waals surface area contributed by atoms with Crippen molar-refractivity contribution in [2.75, 3.05) is 42.7 Å². The maximum Gasteiger partial charge on any atom is 0.168 e. The zero-order chi connectivity index (χ0) is 27.7. The van der Waals surface area contributed by atoms with Crippen LogP contribution in [-0.4, -0.2) is 42.7 Å². The molecule has 0 spiro atoms. The molecule has 0 radical (unpaired) electrons. The molecule has 0 aliphatic carbocycles. The van der Waals surface area contributed by atoms with Gasteiger partial charge in [-0.2, -0.15) is 0 Å². The molecule has 0 N–H and O–H groups in total. The second-order valence-corrected chi connectivity index (χ2v) is 8.85. The Morgan fingerprint density at radius 2 is 0.816 bits per heavy atom. The van der Waals surface area contributed by atoms with Crippen LogP contribution in [0, 0.1) is 13.8 Å². The van der Waals surface area contributed by atoms with E-state index in [-0.39, 0.29) is 0 Å². The van der Waals surface area contributed by atoms with E-state index in [2.05, 4.69) is 39.1 Å². The van der Waals surface area contributed by atoms with Crippen LogP contribution in [0.3, 0.4) is 0 Å². The molecule has 0 aliphatic rings. The van der Waals surface area contributed by atoms with Crippen LogP contribution >= 0.6 is 0 Å². The van der Waals surface area contributed by atoms with E-state index in [0.717, 1.165) is 54.9 Å². The predicted octanol–water partition coefficient (Wildman–Crippen LogP) is 7.61. The van der Waals surface area contributed by atoms with E-state index in [1.54, 1.807) is 54.8 Å². The highest BCUT2D eigenvalue weighted by Crippen LogP contribution is 2.52. The molecule has 4 aromatic carbocycles. The smallest absolute Gasteiger partial charge is 0.168 e. The van der Waals surface area contributed by atoms with Crippen molar-refractivity contribution in [1.29, 1.82) is 0 Å².